The van der Waals surface area contributed by atoms with Crippen LogP contribution in [-0.2, 0) is 10.0 Å². The van der Waals surface area contributed by atoms with E-state index in [-0.39, 0.29) is 15.2 Å². The number of hydrogen-bond acceptors (Lipinski definition) is 3. The number of rotatable bonds is 3. The largest absolute Gasteiger partial charge is 0.283 e. The van der Waals surface area contributed by atoms with Gasteiger partial charge in [0.15, 0.2) is 0 Å². The zero-order chi connectivity index (χ0) is 13.9. The number of halogens is 2. The smallest absolute Gasteiger partial charge is 0.245 e. The number of hydrogen-bond donors (Lipinski definition) is 0. The van der Waals surface area contributed by atoms with Crippen LogP contribution in [0.5, 0.6) is 0 Å². The summed E-state index contributed by atoms with van der Waals surface area (Å²) in [5.41, 5.74) is 0.390. The highest BCUT2D eigenvalue weighted by molar-refractivity contribution is 7.90. The van der Waals surface area contributed by atoms with Gasteiger partial charge in [0.05, 0.1) is 4.90 Å². The summed E-state index contributed by atoms with van der Waals surface area (Å²) in [5.74, 6) is 0. The molecule has 0 aliphatic heterocycles. The van der Waals surface area contributed by atoms with E-state index in [9.17, 15) is 8.42 Å². The highest BCUT2D eigenvalue weighted by Crippen LogP contribution is 2.16. The van der Waals surface area contributed by atoms with E-state index in [1.165, 1.54) is 30.5 Å². The van der Waals surface area contributed by atoms with Crippen LogP contribution in [0.25, 0.3) is 0 Å². The van der Waals surface area contributed by atoms with Gasteiger partial charge in [0, 0.05) is 11.8 Å². The second kappa shape index (κ2) is 5.69. The van der Waals surface area contributed by atoms with Gasteiger partial charge in [0.2, 0.25) is 0 Å². The van der Waals surface area contributed by atoms with E-state index in [4.69, 9.17) is 23.2 Å². The van der Waals surface area contributed by atoms with Gasteiger partial charge in [-0.3, -0.25) is 0 Å². The molecule has 0 N–H and O–H groups in total. The molecule has 0 fully saturated rings. The van der Waals surface area contributed by atoms with E-state index in [1.807, 2.05) is 0 Å². The van der Waals surface area contributed by atoms with Crippen molar-refractivity contribution in [2.45, 2.75) is 4.90 Å². The normalized spacial score (nSPS) is 12.4. The molecule has 0 unspecified atom stereocenters. The fourth-order valence-electron chi connectivity index (χ4n) is 1.33. The van der Waals surface area contributed by atoms with Gasteiger partial charge in [-0.25, -0.2) is 4.98 Å². The SMILES string of the molecule is O=S(=O)(/N=C(\Cl)c1ccnc(Cl)c1)c1ccccc1. The molecule has 0 bridgehead atoms. The molecule has 0 amide bonds. The molecular weight excluding hydrogens is 307 g/mol. The first-order chi connectivity index (χ1) is 8.99. The van der Waals surface area contributed by atoms with E-state index in [0.717, 1.165) is 0 Å². The fourth-order valence-corrected chi connectivity index (χ4v) is 2.82. The van der Waals surface area contributed by atoms with Crippen LogP contribution in [0, 0.1) is 0 Å². The van der Waals surface area contributed by atoms with Crippen LogP contribution in [0.3, 0.4) is 0 Å². The van der Waals surface area contributed by atoms with Crippen LogP contribution in [0.15, 0.2) is 58.0 Å². The molecule has 0 aliphatic carbocycles. The average molecular weight is 315 g/mol. The average Bonchev–Trinajstić information content (AvgIpc) is 2.39. The summed E-state index contributed by atoms with van der Waals surface area (Å²) in [6, 6.07) is 10.8. The lowest BCUT2D eigenvalue weighted by atomic mass is 10.3. The van der Waals surface area contributed by atoms with Gasteiger partial charge in [0.25, 0.3) is 10.0 Å². The standard InChI is InChI=1S/C12H8Cl2N2O2S/c13-11-8-9(6-7-15-11)12(14)16-19(17,18)10-4-2-1-3-5-10/h1-8H/b16-12-. The van der Waals surface area contributed by atoms with Gasteiger partial charge in [0.1, 0.15) is 10.3 Å². The minimum atomic E-state index is -3.83. The van der Waals surface area contributed by atoms with Crippen LogP contribution in [-0.4, -0.2) is 18.6 Å². The van der Waals surface area contributed by atoms with Gasteiger partial charge in [-0.05, 0) is 24.3 Å². The van der Waals surface area contributed by atoms with Gasteiger partial charge in [-0.15, -0.1) is 4.40 Å². The van der Waals surface area contributed by atoms with Crippen LogP contribution in [0.2, 0.25) is 5.15 Å². The maximum Gasteiger partial charge on any atom is 0.283 e. The minimum absolute atomic E-state index is 0.0771. The molecule has 0 atom stereocenters. The van der Waals surface area contributed by atoms with Crippen molar-refractivity contribution in [1.82, 2.24) is 4.98 Å². The number of pyridine rings is 1. The van der Waals surface area contributed by atoms with Gasteiger partial charge >= 0.3 is 0 Å². The highest BCUT2D eigenvalue weighted by atomic mass is 35.5. The Hall–Kier alpha value is -1.43. The maximum absolute atomic E-state index is 12.0. The van der Waals surface area contributed by atoms with Crippen molar-refractivity contribution in [3.8, 4) is 0 Å². The summed E-state index contributed by atoms with van der Waals surface area (Å²) >= 11 is 11.6. The van der Waals surface area contributed by atoms with E-state index in [0.29, 0.717) is 5.56 Å². The number of benzene rings is 1. The van der Waals surface area contributed by atoms with E-state index < -0.39 is 10.0 Å². The quantitative estimate of drug-likeness (QED) is 0.646. The second-order valence-corrected chi connectivity index (χ2v) is 5.89. The summed E-state index contributed by atoms with van der Waals surface area (Å²) < 4.78 is 27.5. The molecule has 0 aliphatic rings. The van der Waals surface area contributed by atoms with E-state index in [1.54, 1.807) is 18.2 Å². The summed E-state index contributed by atoms with van der Waals surface area (Å²) in [5, 5.41) is 0.0520. The Labute approximate surface area is 120 Å². The third-order valence-corrected chi connectivity index (χ3v) is 4.11. The van der Waals surface area contributed by atoms with Crippen molar-refractivity contribution < 1.29 is 8.42 Å². The number of sulfonamides is 1. The Morgan fingerprint density at radius 3 is 2.47 bits per heavy atom. The predicted octanol–water partition coefficient (Wildman–Crippen LogP) is 3.11. The summed E-state index contributed by atoms with van der Waals surface area (Å²) in [6.45, 7) is 0. The Bertz CT molecular complexity index is 716. The third-order valence-electron chi connectivity index (χ3n) is 2.21. The maximum atomic E-state index is 12.0. The Morgan fingerprint density at radius 2 is 1.84 bits per heavy atom. The molecule has 19 heavy (non-hydrogen) atoms. The zero-order valence-corrected chi connectivity index (χ0v) is 11.8. The third kappa shape index (κ3) is 3.53. The summed E-state index contributed by atoms with van der Waals surface area (Å²) in [6.07, 6.45) is 1.42. The van der Waals surface area contributed by atoms with Crippen molar-refractivity contribution in [2.75, 3.05) is 0 Å². The summed E-state index contributed by atoms with van der Waals surface area (Å²) in [7, 11) is -3.83. The number of nitrogens with zero attached hydrogens (tertiary/aromatic N) is 2. The topological polar surface area (TPSA) is 59.4 Å². The molecule has 7 heteroatoms. The molecule has 0 spiro atoms. The molecule has 0 radical (unpaired) electrons. The first-order valence-corrected chi connectivity index (χ1v) is 7.36. The van der Waals surface area contributed by atoms with Crippen LogP contribution in [0.4, 0.5) is 0 Å². The van der Waals surface area contributed by atoms with E-state index in [2.05, 4.69) is 9.38 Å². The van der Waals surface area contributed by atoms with Crippen LogP contribution >= 0.6 is 23.2 Å². The molecular formula is C12H8Cl2N2O2S. The first kappa shape index (κ1) is 14.0. The molecule has 4 nitrogen and oxygen atoms in total. The van der Waals surface area contributed by atoms with Gasteiger partial charge in [-0.1, -0.05) is 41.4 Å². The summed E-state index contributed by atoms with van der Waals surface area (Å²) in [4.78, 5) is 3.86. The monoisotopic (exact) mass is 314 g/mol. The molecule has 1 heterocycles. The Balaban J connectivity index is 2.41. The lowest BCUT2D eigenvalue weighted by Crippen LogP contribution is -2.01. The molecule has 1 aromatic carbocycles. The van der Waals surface area contributed by atoms with Crippen molar-refractivity contribution >= 4 is 38.4 Å². The first-order valence-electron chi connectivity index (χ1n) is 5.16. The van der Waals surface area contributed by atoms with E-state index >= 15 is 0 Å². The lowest BCUT2D eigenvalue weighted by Gasteiger charge is -2.01. The highest BCUT2D eigenvalue weighted by Gasteiger charge is 2.14. The molecule has 0 saturated carbocycles. The van der Waals surface area contributed by atoms with Gasteiger partial charge < -0.3 is 0 Å². The lowest BCUT2D eigenvalue weighted by molar-refractivity contribution is 0.598. The van der Waals surface area contributed by atoms with Crippen LogP contribution < -0.4 is 0 Å². The van der Waals surface area contributed by atoms with Gasteiger partial charge in [-0.2, -0.15) is 8.42 Å². The molecule has 0 saturated heterocycles. The van der Waals surface area contributed by atoms with Crippen LogP contribution in [0.1, 0.15) is 5.56 Å². The Kier molecular flexibility index (Phi) is 4.19. The molecule has 1 aromatic heterocycles. The molecule has 2 aromatic rings. The molecule has 98 valence electrons. The van der Waals surface area contributed by atoms with Crippen molar-refractivity contribution in [3.63, 3.8) is 0 Å². The predicted molar refractivity (Wildman–Crippen MR) is 75.3 cm³/mol. The van der Waals surface area contributed by atoms with Crippen molar-refractivity contribution in [3.05, 3.63) is 59.4 Å². The fraction of sp³-hybridized carbons (Fsp3) is 0. The second-order valence-electron chi connectivity index (χ2n) is 3.54. The zero-order valence-electron chi connectivity index (χ0n) is 9.49. The minimum Gasteiger partial charge on any atom is -0.245 e. The Morgan fingerprint density at radius 1 is 1.16 bits per heavy atom. The van der Waals surface area contributed by atoms with Crippen molar-refractivity contribution in [1.29, 1.82) is 0 Å². The molecule has 2 rings (SSSR count). The number of aromatic nitrogens is 1. The van der Waals surface area contributed by atoms with Crippen molar-refractivity contribution in [2.24, 2.45) is 4.40 Å².